The van der Waals surface area contributed by atoms with Gasteiger partial charge < -0.3 is 44.8 Å². The van der Waals surface area contributed by atoms with E-state index in [1.54, 1.807) is 18.2 Å². The molecule has 0 aliphatic heterocycles. The lowest BCUT2D eigenvalue weighted by Crippen LogP contribution is -2.52. The maximum absolute atomic E-state index is 13.3. The highest BCUT2D eigenvalue weighted by atomic mass is 32.2. The van der Waals surface area contributed by atoms with E-state index < -0.39 is 55.8 Å². The summed E-state index contributed by atoms with van der Waals surface area (Å²) in [6.07, 6.45) is 36.9. The number of hydrogen-bond donors (Lipinski definition) is 5. The molecule has 0 aliphatic rings. The normalized spacial score (nSPS) is 16.5. The summed E-state index contributed by atoms with van der Waals surface area (Å²) in [6, 6.07) is -2.25. The second-order valence-corrected chi connectivity index (χ2v) is 18.5. The maximum atomic E-state index is 13.3. The number of carbonyl (C=O) groups is 2. The number of phosphoric ester groups is 1. The fraction of sp³-hybridized carbons (Fsp3) is 0.689. The highest BCUT2D eigenvalue weighted by Gasteiger charge is 2.27. The molecule has 14 heteroatoms. The largest absolute Gasteiger partial charge is 0.756 e. The minimum absolute atomic E-state index is 0.0733. The number of phosphoric acid groups is 1. The van der Waals surface area contributed by atoms with Crippen molar-refractivity contribution in [2.24, 2.45) is 5.73 Å². The predicted octanol–water partition coefficient (Wildman–Crippen LogP) is 7.92. The molecule has 340 valence electrons. The van der Waals surface area contributed by atoms with Gasteiger partial charge in [0.25, 0.3) is 7.82 Å². The van der Waals surface area contributed by atoms with Crippen LogP contribution in [0.4, 0.5) is 0 Å². The van der Waals surface area contributed by atoms with E-state index in [0.717, 1.165) is 32.1 Å². The van der Waals surface area contributed by atoms with Gasteiger partial charge in [0.15, 0.2) is 0 Å². The van der Waals surface area contributed by atoms with Crippen molar-refractivity contribution in [2.75, 3.05) is 46.7 Å². The molecule has 0 aromatic rings. The molecule has 0 fully saturated rings. The van der Waals surface area contributed by atoms with Gasteiger partial charge in [-0.05, 0) is 57.8 Å². The lowest BCUT2D eigenvalue weighted by Gasteiger charge is -2.30. The van der Waals surface area contributed by atoms with Crippen LogP contribution < -0.4 is 15.9 Å². The Kier molecular flexibility index (Phi) is 34.9. The quantitative estimate of drug-likeness (QED) is 0.0133. The van der Waals surface area contributed by atoms with Crippen LogP contribution in [-0.4, -0.2) is 108 Å². The number of aliphatic carboxylic acids is 1. The van der Waals surface area contributed by atoms with Crippen molar-refractivity contribution in [3.8, 4) is 0 Å². The summed E-state index contributed by atoms with van der Waals surface area (Å²) in [5, 5.41) is 33.2. The zero-order chi connectivity index (χ0) is 44.2. The van der Waals surface area contributed by atoms with Crippen molar-refractivity contribution in [3.05, 3.63) is 72.9 Å². The summed E-state index contributed by atoms with van der Waals surface area (Å²) in [6.45, 7) is 4.13. The van der Waals surface area contributed by atoms with Crippen LogP contribution in [-0.2, 0) is 23.2 Å². The molecule has 0 aromatic carbocycles. The van der Waals surface area contributed by atoms with E-state index in [-0.39, 0.29) is 31.6 Å². The molecule has 0 aliphatic carbocycles. The molecule has 0 bridgehead atoms. The van der Waals surface area contributed by atoms with Crippen molar-refractivity contribution in [1.82, 2.24) is 5.32 Å². The number of rotatable bonds is 38. The van der Waals surface area contributed by atoms with Crippen LogP contribution in [0.1, 0.15) is 123 Å². The zero-order valence-corrected chi connectivity index (χ0v) is 38.5. The third-order valence-electron chi connectivity index (χ3n) is 9.15. The smallest absolute Gasteiger partial charge is 0.303 e. The predicted molar refractivity (Wildman–Crippen MR) is 243 cm³/mol. The van der Waals surface area contributed by atoms with E-state index in [4.69, 9.17) is 19.9 Å². The minimum atomic E-state index is -4.75. The first-order valence-electron chi connectivity index (χ1n) is 21.7. The summed E-state index contributed by atoms with van der Waals surface area (Å²) in [7, 11) is 0.930. The van der Waals surface area contributed by atoms with Gasteiger partial charge in [-0.2, -0.15) is 0 Å². The third-order valence-corrected chi connectivity index (χ3v) is 11.5. The van der Waals surface area contributed by atoms with Crippen LogP contribution >= 0.6 is 19.6 Å². The lowest BCUT2D eigenvalue weighted by molar-refractivity contribution is -0.870. The molecule has 0 heterocycles. The summed E-state index contributed by atoms with van der Waals surface area (Å²) < 4.78 is 23.2. The van der Waals surface area contributed by atoms with Crippen molar-refractivity contribution in [2.45, 2.75) is 153 Å². The lowest BCUT2D eigenvalue weighted by atomic mass is 10.1. The van der Waals surface area contributed by atoms with E-state index in [1.807, 2.05) is 45.4 Å². The Labute approximate surface area is 361 Å². The number of allylic oxidation sites excluding steroid dienone is 10. The Balaban J connectivity index is 5.54. The third kappa shape index (κ3) is 36.1. The van der Waals surface area contributed by atoms with Crippen molar-refractivity contribution < 1.29 is 47.9 Å². The van der Waals surface area contributed by atoms with Crippen molar-refractivity contribution in [1.29, 1.82) is 0 Å². The Morgan fingerprint density at radius 2 is 1.41 bits per heavy atom. The Bertz CT molecular complexity index is 1320. The van der Waals surface area contributed by atoms with Crippen LogP contribution in [0.2, 0.25) is 0 Å². The van der Waals surface area contributed by atoms with Gasteiger partial charge in [0, 0.05) is 17.4 Å². The van der Waals surface area contributed by atoms with Gasteiger partial charge in [-0.15, -0.1) is 11.8 Å². The van der Waals surface area contributed by atoms with Gasteiger partial charge in [-0.1, -0.05) is 132 Å². The molecular formula is C45H80N3O9PS. The number of carboxylic acids is 1. The van der Waals surface area contributed by atoms with Crippen molar-refractivity contribution >= 4 is 31.5 Å². The van der Waals surface area contributed by atoms with Gasteiger partial charge in [-0.3, -0.25) is 14.2 Å². The number of thioether (sulfide) groups is 1. The number of nitrogens with one attached hydrogen (secondary N) is 1. The average molecular weight is 870 g/mol. The van der Waals surface area contributed by atoms with E-state index in [1.165, 1.54) is 69.2 Å². The second kappa shape index (κ2) is 36.3. The topological polar surface area (TPSA) is 191 Å². The minimum Gasteiger partial charge on any atom is -0.756 e. The molecule has 0 aromatic heterocycles. The van der Waals surface area contributed by atoms with E-state index in [2.05, 4.69) is 43.5 Å². The van der Waals surface area contributed by atoms with Crippen LogP contribution in [0.3, 0.4) is 0 Å². The molecule has 6 atom stereocenters. The summed E-state index contributed by atoms with van der Waals surface area (Å²) in [5.74, 6) is -1.52. The first-order valence-corrected chi connectivity index (χ1v) is 24.3. The first-order chi connectivity index (χ1) is 28.1. The van der Waals surface area contributed by atoms with E-state index in [0.29, 0.717) is 17.4 Å². The SMILES string of the molecule is CCCCC/C=C\C\C=C/C=C/C=C/[C@@H](SC[C@H](N)C(=O)N[C@@H](COP(=O)([O-])OCC[N+](C)(C)C)[C@H](O)/C=C/CC/C=C\CCCCCCCC)[C@@H](O)CCCC(=O)O. The summed E-state index contributed by atoms with van der Waals surface area (Å²) in [5.41, 5.74) is 6.29. The summed E-state index contributed by atoms with van der Waals surface area (Å²) in [4.78, 5) is 37.0. The number of aliphatic hydroxyl groups excluding tert-OH is 2. The van der Waals surface area contributed by atoms with Crippen LogP contribution in [0.25, 0.3) is 0 Å². The van der Waals surface area contributed by atoms with E-state index in [9.17, 15) is 29.3 Å². The second-order valence-electron chi connectivity index (χ2n) is 15.9. The van der Waals surface area contributed by atoms with Gasteiger partial charge in [-0.25, -0.2) is 0 Å². The monoisotopic (exact) mass is 870 g/mol. The van der Waals surface area contributed by atoms with Gasteiger partial charge in [0.1, 0.15) is 13.2 Å². The number of unbranched alkanes of at least 4 members (excludes halogenated alkanes) is 10. The van der Waals surface area contributed by atoms with Gasteiger partial charge >= 0.3 is 5.97 Å². The molecule has 6 N–H and O–H groups in total. The molecular weight excluding hydrogens is 790 g/mol. The molecule has 1 unspecified atom stereocenters. The number of quaternary nitrogens is 1. The number of hydrogen-bond acceptors (Lipinski definition) is 10. The van der Waals surface area contributed by atoms with Crippen LogP contribution in [0.15, 0.2) is 72.9 Å². The molecule has 0 rings (SSSR count). The Hall–Kier alpha value is -2.32. The molecule has 1 amide bonds. The van der Waals surface area contributed by atoms with Crippen LogP contribution in [0, 0.1) is 0 Å². The van der Waals surface area contributed by atoms with Gasteiger partial charge in [0.05, 0.1) is 52.0 Å². The molecule has 0 saturated carbocycles. The Morgan fingerprint density at radius 3 is 2.10 bits per heavy atom. The standard InChI is InChI=1S/C45H80N3O9PS/c1-6-8-10-12-14-16-18-20-22-24-26-28-31-41(49)40(37-57-58(54,55)56-36-35-48(3,4)5)47-45(53)39(46)38-59-43(42(50)32-30-34-44(51)52)33-29-27-25-23-21-19-17-15-13-11-9-7-2/h15,17,20-23,25,27-29,31,33,39-43,49-50H,6-14,16,18-19,24,26,30,32,34-38,46H2,1-5H3,(H2-,47,51,52,53,54,55)/b17-15-,22-20-,23-21-,27-25+,31-28+,33-29+/t39-,40-,41+,42-,43+/m0/s1. The van der Waals surface area contributed by atoms with E-state index >= 15 is 0 Å². The zero-order valence-electron chi connectivity index (χ0n) is 36.8. The number of aliphatic hydroxyl groups is 2. The maximum Gasteiger partial charge on any atom is 0.303 e. The summed E-state index contributed by atoms with van der Waals surface area (Å²) >= 11 is 1.24. The molecule has 0 radical (unpaired) electrons. The molecule has 12 nitrogen and oxygen atoms in total. The number of nitrogens with two attached hydrogens (primary N) is 1. The number of carbonyl (C=O) groups excluding carboxylic acids is 1. The molecule has 0 saturated heterocycles. The van der Waals surface area contributed by atoms with Crippen molar-refractivity contribution in [3.63, 3.8) is 0 Å². The molecule has 0 spiro atoms. The number of amides is 1. The Morgan fingerprint density at radius 1 is 0.797 bits per heavy atom. The molecule has 59 heavy (non-hydrogen) atoms. The number of carboxylic acid groups (broad SMARTS) is 1. The average Bonchev–Trinajstić information content (AvgIpc) is 3.17. The first kappa shape index (κ1) is 56.7. The highest BCUT2D eigenvalue weighted by molar-refractivity contribution is 8.00. The number of nitrogens with zero attached hydrogens (tertiary/aromatic N) is 1. The van der Waals surface area contributed by atoms with Gasteiger partial charge in [0.2, 0.25) is 5.91 Å². The highest BCUT2D eigenvalue weighted by Crippen LogP contribution is 2.38. The fourth-order valence-electron chi connectivity index (χ4n) is 5.47. The number of likely N-dealkylation sites (N-methyl/N-ethyl adjacent to an activating group) is 1. The fourth-order valence-corrected chi connectivity index (χ4v) is 7.33. The van der Waals surface area contributed by atoms with Crippen LogP contribution in [0.5, 0.6) is 0 Å².